The monoisotopic (exact) mass is 420 g/mol. The highest BCUT2D eigenvalue weighted by Gasteiger charge is 2.19. The molecule has 0 aliphatic rings. The molecule has 0 aliphatic carbocycles. The van der Waals surface area contributed by atoms with Crippen LogP contribution in [-0.4, -0.2) is 15.7 Å². The molecular formula is C18H14BrClN2O3. The molecule has 0 radical (unpaired) electrons. The van der Waals surface area contributed by atoms with Crippen molar-refractivity contribution < 1.29 is 9.53 Å². The molecule has 5 nitrogen and oxygen atoms in total. The van der Waals surface area contributed by atoms with Gasteiger partial charge in [-0.25, -0.2) is 9.48 Å². The maximum absolute atomic E-state index is 12.7. The Labute approximate surface area is 157 Å². The van der Waals surface area contributed by atoms with E-state index in [2.05, 4.69) is 21.0 Å². The summed E-state index contributed by atoms with van der Waals surface area (Å²) in [6.45, 7) is 2.35. The molecular weight excluding hydrogens is 408 g/mol. The van der Waals surface area contributed by atoms with Crippen LogP contribution in [0.4, 0.5) is 0 Å². The molecule has 3 rings (SSSR count). The van der Waals surface area contributed by atoms with Crippen LogP contribution < -0.4 is 10.3 Å². The van der Waals surface area contributed by atoms with E-state index in [1.807, 2.05) is 6.92 Å². The molecule has 0 fully saturated rings. The highest BCUT2D eigenvalue weighted by Crippen LogP contribution is 2.28. The predicted octanol–water partition coefficient (Wildman–Crippen LogP) is 4.44. The molecule has 0 unspecified atom stereocenters. The van der Waals surface area contributed by atoms with Gasteiger partial charge in [0.05, 0.1) is 10.4 Å². The van der Waals surface area contributed by atoms with Crippen molar-refractivity contribution in [1.29, 1.82) is 0 Å². The summed E-state index contributed by atoms with van der Waals surface area (Å²) in [7, 11) is 0. The Kier molecular flexibility index (Phi) is 5.20. The van der Waals surface area contributed by atoms with Gasteiger partial charge in [-0.3, -0.25) is 4.79 Å². The Morgan fingerprint density at radius 3 is 2.64 bits per heavy atom. The highest BCUT2D eigenvalue weighted by atomic mass is 79.9. The van der Waals surface area contributed by atoms with Gasteiger partial charge in [0.25, 0.3) is 5.56 Å². The van der Waals surface area contributed by atoms with Crippen molar-refractivity contribution >= 4 is 44.3 Å². The number of halogens is 2. The zero-order chi connectivity index (χ0) is 18.0. The second-order valence-corrected chi connectivity index (χ2v) is 6.71. The van der Waals surface area contributed by atoms with E-state index < -0.39 is 5.97 Å². The summed E-state index contributed by atoms with van der Waals surface area (Å²) in [4.78, 5) is 25.1. The maximum atomic E-state index is 12.7. The molecule has 0 amide bonds. The first-order chi connectivity index (χ1) is 12.0. The third-order valence-corrected chi connectivity index (χ3v) is 4.38. The number of aromatic nitrogens is 2. The molecule has 1 aromatic heterocycles. The van der Waals surface area contributed by atoms with Gasteiger partial charge in [0, 0.05) is 16.4 Å². The second-order valence-electron chi connectivity index (χ2n) is 5.39. The Bertz CT molecular complexity index is 1020. The van der Waals surface area contributed by atoms with Crippen molar-refractivity contribution in [2.45, 2.75) is 19.9 Å². The Morgan fingerprint density at radius 1 is 1.24 bits per heavy atom. The summed E-state index contributed by atoms with van der Waals surface area (Å²) in [5.41, 5.74) is -0.140. The summed E-state index contributed by atoms with van der Waals surface area (Å²) in [6.07, 6.45) is 0.721. The summed E-state index contributed by atoms with van der Waals surface area (Å²) < 4.78 is 7.47. The number of nitrogens with zero attached hydrogens (tertiary/aromatic N) is 2. The van der Waals surface area contributed by atoms with Gasteiger partial charge >= 0.3 is 5.97 Å². The van der Waals surface area contributed by atoms with E-state index in [-0.39, 0.29) is 17.0 Å². The topological polar surface area (TPSA) is 61.2 Å². The lowest BCUT2D eigenvalue weighted by Crippen LogP contribution is -2.27. The number of aryl methyl sites for hydroxylation is 1. The lowest BCUT2D eigenvalue weighted by molar-refractivity contribution is 0.0728. The molecule has 128 valence electrons. The molecule has 0 bridgehead atoms. The number of fused-ring (bicyclic) bond motifs is 1. The SMILES string of the molecule is CCCn1nc(C(=O)Oc2ccc(Br)cc2Cl)c2ccccc2c1=O. The van der Waals surface area contributed by atoms with Gasteiger partial charge in [-0.05, 0) is 30.7 Å². The number of ether oxygens (including phenoxy) is 1. The lowest BCUT2D eigenvalue weighted by atomic mass is 10.1. The largest absolute Gasteiger partial charge is 0.420 e. The van der Waals surface area contributed by atoms with Crippen molar-refractivity contribution in [3.05, 3.63) is 68.0 Å². The zero-order valence-electron chi connectivity index (χ0n) is 13.3. The first-order valence-electron chi connectivity index (χ1n) is 7.68. The van der Waals surface area contributed by atoms with E-state index in [0.717, 1.165) is 10.9 Å². The molecule has 0 spiro atoms. The van der Waals surface area contributed by atoms with Crippen LogP contribution in [0.2, 0.25) is 5.02 Å². The molecule has 2 aromatic carbocycles. The number of hydrogen-bond acceptors (Lipinski definition) is 4. The number of esters is 1. The van der Waals surface area contributed by atoms with Gasteiger partial charge in [0.15, 0.2) is 5.69 Å². The molecule has 0 saturated carbocycles. The van der Waals surface area contributed by atoms with E-state index in [1.165, 1.54) is 4.68 Å². The average molecular weight is 422 g/mol. The van der Waals surface area contributed by atoms with Gasteiger partial charge < -0.3 is 4.74 Å². The van der Waals surface area contributed by atoms with E-state index in [4.69, 9.17) is 16.3 Å². The molecule has 3 aromatic rings. The number of rotatable bonds is 4. The Morgan fingerprint density at radius 2 is 1.96 bits per heavy atom. The Balaban J connectivity index is 2.09. The van der Waals surface area contributed by atoms with Crippen LogP contribution in [0.1, 0.15) is 23.8 Å². The second kappa shape index (κ2) is 7.37. The fourth-order valence-electron chi connectivity index (χ4n) is 2.46. The molecule has 0 atom stereocenters. The fraction of sp³-hybridized carbons (Fsp3) is 0.167. The highest BCUT2D eigenvalue weighted by molar-refractivity contribution is 9.10. The van der Waals surface area contributed by atoms with Crippen molar-refractivity contribution in [3.63, 3.8) is 0 Å². The summed E-state index contributed by atoms with van der Waals surface area (Å²) in [5.74, 6) is -0.431. The number of carbonyl (C=O) groups excluding carboxylic acids is 1. The minimum atomic E-state index is -0.662. The van der Waals surface area contributed by atoms with Crippen molar-refractivity contribution in [3.8, 4) is 5.75 Å². The molecule has 0 N–H and O–H groups in total. The quantitative estimate of drug-likeness (QED) is 0.461. The number of hydrogen-bond donors (Lipinski definition) is 0. The van der Waals surface area contributed by atoms with E-state index in [1.54, 1.807) is 42.5 Å². The van der Waals surface area contributed by atoms with E-state index in [9.17, 15) is 9.59 Å². The van der Waals surface area contributed by atoms with Crippen molar-refractivity contribution in [1.82, 2.24) is 9.78 Å². The lowest BCUT2D eigenvalue weighted by Gasteiger charge is -2.11. The minimum Gasteiger partial charge on any atom is -0.420 e. The normalized spacial score (nSPS) is 10.8. The standard InChI is InChI=1S/C18H14BrClN2O3/c1-2-9-22-17(23)13-6-4-3-5-12(13)16(21-22)18(24)25-15-8-7-11(19)10-14(15)20/h3-8,10H,2,9H2,1H3. The van der Waals surface area contributed by atoms with Crippen LogP contribution in [0, 0.1) is 0 Å². The number of carbonyl (C=O) groups is 1. The average Bonchev–Trinajstić information content (AvgIpc) is 2.60. The molecule has 7 heteroatoms. The molecule has 25 heavy (non-hydrogen) atoms. The van der Waals surface area contributed by atoms with E-state index in [0.29, 0.717) is 22.3 Å². The molecule has 0 saturated heterocycles. The first-order valence-corrected chi connectivity index (χ1v) is 8.85. The maximum Gasteiger partial charge on any atom is 0.364 e. The van der Waals surface area contributed by atoms with Crippen molar-refractivity contribution in [2.24, 2.45) is 0 Å². The van der Waals surface area contributed by atoms with Gasteiger partial charge in [-0.1, -0.05) is 52.7 Å². The van der Waals surface area contributed by atoms with Gasteiger partial charge in [-0.15, -0.1) is 0 Å². The summed E-state index contributed by atoms with van der Waals surface area (Å²) in [5, 5.41) is 5.40. The van der Waals surface area contributed by atoms with Crippen LogP contribution in [0.25, 0.3) is 10.8 Å². The van der Waals surface area contributed by atoms with Crippen LogP contribution in [0.5, 0.6) is 5.75 Å². The van der Waals surface area contributed by atoms with Gasteiger partial charge in [0.1, 0.15) is 5.75 Å². The first kappa shape index (κ1) is 17.6. The Hall–Kier alpha value is -2.18. The van der Waals surface area contributed by atoms with Crippen LogP contribution >= 0.6 is 27.5 Å². The van der Waals surface area contributed by atoms with Crippen LogP contribution in [0.3, 0.4) is 0 Å². The van der Waals surface area contributed by atoms with E-state index >= 15 is 0 Å². The van der Waals surface area contributed by atoms with Gasteiger partial charge in [0.2, 0.25) is 0 Å². The van der Waals surface area contributed by atoms with Crippen molar-refractivity contribution in [2.75, 3.05) is 0 Å². The number of benzene rings is 2. The summed E-state index contributed by atoms with van der Waals surface area (Å²) in [6, 6.07) is 11.8. The molecule has 1 heterocycles. The van der Waals surface area contributed by atoms with Crippen LogP contribution in [-0.2, 0) is 6.54 Å². The summed E-state index contributed by atoms with van der Waals surface area (Å²) >= 11 is 9.40. The predicted molar refractivity (Wildman–Crippen MR) is 100 cm³/mol. The molecule has 0 aliphatic heterocycles. The van der Waals surface area contributed by atoms with Crippen LogP contribution in [0.15, 0.2) is 51.7 Å². The smallest absolute Gasteiger partial charge is 0.364 e. The third-order valence-electron chi connectivity index (χ3n) is 3.59. The zero-order valence-corrected chi connectivity index (χ0v) is 15.7. The minimum absolute atomic E-state index is 0.0858. The van der Waals surface area contributed by atoms with Gasteiger partial charge in [-0.2, -0.15) is 5.10 Å². The fourth-order valence-corrected chi connectivity index (χ4v) is 3.17. The third kappa shape index (κ3) is 3.60.